The van der Waals surface area contributed by atoms with Crippen LogP contribution in [0.3, 0.4) is 0 Å². The number of carbonyl (C=O) groups is 1. The predicted octanol–water partition coefficient (Wildman–Crippen LogP) is 4.32. The number of pyridine rings is 1. The van der Waals surface area contributed by atoms with E-state index in [-0.39, 0.29) is 28.1 Å². The monoisotopic (exact) mass is 478 g/mol. The first-order valence-electron chi connectivity index (χ1n) is 9.99. The SMILES string of the molecule is C=Cc1cnc(COc2nnc(NC(=O)c3cnc(C)cc3-c3c(F)cccc3OC)s2)cn1. The number of rotatable bonds is 8. The molecule has 4 rings (SSSR count). The van der Waals surface area contributed by atoms with Gasteiger partial charge in [0, 0.05) is 17.5 Å². The summed E-state index contributed by atoms with van der Waals surface area (Å²) in [6.07, 6.45) is 6.13. The minimum absolute atomic E-state index is 0.131. The normalized spacial score (nSPS) is 10.6. The van der Waals surface area contributed by atoms with Crippen LogP contribution in [-0.4, -0.2) is 38.2 Å². The number of halogens is 1. The minimum Gasteiger partial charge on any atom is -0.496 e. The van der Waals surface area contributed by atoms with Gasteiger partial charge in [0.15, 0.2) is 0 Å². The van der Waals surface area contributed by atoms with Crippen LogP contribution in [0.5, 0.6) is 10.9 Å². The first-order chi connectivity index (χ1) is 16.5. The van der Waals surface area contributed by atoms with Crippen molar-refractivity contribution in [3.05, 3.63) is 77.9 Å². The second-order valence-corrected chi connectivity index (χ2v) is 7.88. The van der Waals surface area contributed by atoms with Gasteiger partial charge in [-0.15, -0.1) is 5.10 Å². The third kappa shape index (κ3) is 5.04. The van der Waals surface area contributed by atoms with Gasteiger partial charge in [0.1, 0.15) is 18.2 Å². The van der Waals surface area contributed by atoms with E-state index in [1.54, 1.807) is 37.5 Å². The van der Waals surface area contributed by atoms with E-state index in [0.29, 0.717) is 28.4 Å². The lowest BCUT2D eigenvalue weighted by Crippen LogP contribution is -2.14. The van der Waals surface area contributed by atoms with Crippen molar-refractivity contribution in [1.29, 1.82) is 0 Å². The summed E-state index contributed by atoms with van der Waals surface area (Å²) in [5.41, 5.74) is 2.55. The maximum atomic E-state index is 14.7. The fourth-order valence-corrected chi connectivity index (χ4v) is 3.64. The molecule has 11 heteroatoms. The molecule has 1 aromatic carbocycles. The van der Waals surface area contributed by atoms with E-state index in [4.69, 9.17) is 9.47 Å². The van der Waals surface area contributed by atoms with E-state index in [1.165, 1.54) is 25.4 Å². The second-order valence-electron chi connectivity index (χ2n) is 6.94. The molecule has 0 bridgehead atoms. The summed E-state index contributed by atoms with van der Waals surface area (Å²) < 4.78 is 25.6. The molecule has 0 radical (unpaired) electrons. The predicted molar refractivity (Wildman–Crippen MR) is 125 cm³/mol. The maximum Gasteiger partial charge on any atom is 0.296 e. The van der Waals surface area contributed by atoms with E-state index in [0.717, 1.165) is 11.3 Å². The molecule has 0 fully saturated rings. The molecule has 1 amide bonds. The lowest BCUT2D eigenvalue weighted by molar-refractivity contribution is 0.102. The number of methoxy groups -OCH3 is 1. The number of ether oxygens (including phenoxy) is 2. The van der Waals surface area contributed by atoms with E-state index in [9.17, 15) is 9.18 Å². The van der Waals surface area contributed by atoms with E-state index in [2.05, 4.69) is 37.0 Å². The molecule has 0 aliphatic rings. The smallest absolute Gasteiger partial charge is 0.296 e. The van der Waals surface area contributed by atoms with Crippen LogP contribution in [0.2, 0.25) is 0 Å². The Morgan fingerprint density at radius 2 is 2.06 bits per heavy atom. The Labute approximate surface area is 198 Å². The van der Waals surface area contributed by atoms with Crippen molar-refractivity contribution < 1.29 is 18.7 Å². The fourth-order valence-electron chi connectivity index (χ4n) is 3.05. The third-order valence-corrected chi connectivity index (χ3v) is 5.41. The molecule has 0 aliphatic carbocycles. The van der Waals surface area contributed by atoms with Gasteiger partial charge in [0.25, 0.3) is 11.1 Å². The van der Waals surface area contributed by atoms with E-state index in [1.807, 2.05) is 0 Å². The molecule has 3 aromatic heterocycles. The zero-order valence-electron chi connectivity index (χ0n) is 18.3. The number of benzene rings is 1. The average molecular weight is 479 g/mol. The highest BCUT2D eigenvalue weighted by Crippen LogP contribution is 2.35. The van der Waals surface area contributed by atoms with Gasteiger partial charge in [-0.05, 0) is 42.5 Å². The molecule has 34 heavy (non-hydrogen) atoms. The number of hydrogen-bond acceptors (Lipinski definition) is 9. The zero-order chi connectivity index (χ0) is 24.1. The Morgan fingerprint density at radius 1 is 1.21 bits per heavy atom. The molecule has 9 nitrogen and oxygen atoms in total. The van der Waals surface area contributed by atoms with Gasteiger partial charge in [-0.3, -0.25) is 25.1 Å². The first-order valence-corrected chi connectivity index (χ1v) is 10.8. The molecule has 4 aromatic rings. The van der Waals surface area contributed by atoms with Crippen molar-refractivity contribution in [2.75, 3.05) is 12.4 Å². The van der Waals surface area contributed by atoms with Gasteiger partial charge in [-0.2, -0.15) is 0 Å². The number of aromatic nitrogens is 5. The number of amides is 1. The number of nitrogens with zero attached hydrogens (tertiary/aromatic N) is 5. The Hall–Kier alpha value is -4.25. The zero-order valence-corrected chi connectivity index (χ0v) is 19.1. The number of nitrogens with one attached hydrogen (secondary N) is 1. The average Bonchev–Trinajstić information content (AvgIpc) is 3.29. The molecular formula is C23H19FN6O3S. The van der Waals surface area contributed by atoms with Gasteiger partial charge >= 0.3 is 0 Å². The van der Waals surface area contributed by atoms with Gasteiger partial charge in [0.05, 0.1) is 42.0 Å². The fraction of sp³-hybridized carbons (Fsp3) is 0.130. The molecule has 0 saturated heterocycles. The summed E-state index contributed by atoms with van der Waals surface area (Å²) in [5, 5.41) is 11.0. The number of aryl methyl sites for hydroxylation is 1. The highest BCUT2D eigenvalue weighted by Gasteiger charge is 2.21. The third-order valence-electron chi connectivity index (χ3n) is 4.65. The quantitative estimate of drug-likeness (QED) is 0.398. The molecule has 1 N–H and O–H groups in total. The van der Waals surface area contributed by atoms with E-state index < -0.39 is 11.7 Å². The number of carbonyl (C=O) groups excluding carboxylic acids is 1. The van der Waals surface area contributed by atoms with Gasteiger partial charge in [-0.25, -0.2) is 4.39 Å². The van der Waals surface area contributed by atoms with Gasteiger partial charge in [-0.1, -0.05) is 17.7 Å². The molecule has 3 heterocycles. The maximum absolute atomic E-state index is 14.7. The van der Waals surface area contributed by atoms with Crippen molar-refractivity contribution in [2.24, 2.45) is 0 Å². The van der Waals surface area contributed by atoms with Crippen molar-refractivity contribution in [2.45, 2.75) is 13.5 Å². The Kier molecular flexibility index (Phi) is 6.83. The van der Waals surface area contributed by atoms with Crippen molar-refractivity contribution in [3.63, 3.8) is 0 Å². The molecule has 0 spiro atoms. The molecule has 0 saturated carbocycles. The number of anilines is 1. The van der Waals surface area contributed by atoms with Crippen LogP contribution in [-0.2, 0) is 6.61 Å². The topological polar surface area (TPSA) is 112 Å². The number of hydrogen-bond donors (Lipinski definition) is 1. The molecular weight excluding hydrogens is 459 g/mol. The van der Waals surface area contributed by atoms with Crippen LogP contribution in [0.25, 0.3) is 17.2 Å². The lowest BCUT2D eigenvalue weighted by atomic mass is 9.98. The summed E-state index contributed by atoms with van der Waals surface area (Å²) in [6, 6.07) is 6.09. The summed E-state index contributed by atoms with van der Waals surface area (Å²) in [7, 11) is 1.44. The molecule has 172 valence electrons. The van der Waals surface area contributed by atoms with Gasteiger partial charge < -0.3 is 9.47 Å². The van der Waals surface area contributed by atoms with Crippen LogP contribution < -0.4 is 14.8 Å². The lowest BCUT2D eigenvalue weighted by Gasteiger charge is -2.14. The van der Waals surface area contributed by atoms with Crippen molar-refractivity contribution >= 4 is 28.5 Å². The second kappa shape index (κ2) is 10.1. The van der Waals surface area contributed by atoms with Crippen LogP contribution >= 0.6 is 11.3 Å². The van der Waals surface area contributed by atoms with Crippen molar-refractivity contribution in [1.82, 2.24) is 25.1 Å². The van der Waals surface area contributed by atoms with Crippen molar-refractivity contribution in [3.8, 4) is 22.1 Å². The Balaban J connectivity index is 1.52. The van der Waals surface area contributed by atoms with Crippen LogP contribution in [0, 0.1) is 12.7 Å². The summed E-state index contributed by atoms with van der Waals surface area (Å²) in [5.74, 6) is -0.744. The molecule has 0 atom stereocenters. The Bertz CT molecular complexity index is 1340. The standard InChI is InChI=1S/C23H19FN6O3S/c1-4-14-9-27-15(10-26-14)12-33-23-30-29-22(34-23)28-21(31)17-11-25-13(2)8-16(17)20-18(24)6-5-7-19(20)32-3/h4-11H,1,12H2,2-3H3,(H,28,29,31). The largest absolute Gasteiger partial charge is 0.496 e. The summed E-state index contributed by atoms with van der Waals surface area (Å²) in [6.45, 7) is 5.51. The van der Waals surface area contributed by atoms with E-state index >= 15 is 0 Å². The Morgan fingerprint density at radius 3 is 2.79 bits per heavy atom. The minimum atomic E-state index is -0.526. The molecule has 0 unspecified atom stereocenters. The molecule has 0 aliphatic heterocycles. The highest BCUT2D eigenvalue weighted by atomic mass is 32.1. The first kappa shape index (κ1) is 22.9. The van der Waals surface area contributed by atoms with Crippen LogP contribution in [0.4, 0.5) is 9.52 Å². The van der Waals surface area contributed by atoms with Gasteiger partial charge in [0.2, 0.25) is 5.13 Å². The van der Waals surface area contributed by atoms with Crippen LogP contribution in [0.15, 0.2) is 49.4 Å². The summed E-state index contributed by atoms with van der Waals surface area (Å²) >= 11 is 1.04. The van der Waals surface area contributed by atoms with Crippen LogP contribution in [0.1, 0.15) is 27.4 Å². The summed E-state index contributed by atoms with van der Waals surface area (Å²) in [4.78, 5) is 25.6. The highest BCUT2D eigenvalue weighted by molar-refractivity contribution is 7.17.